The van der Waals surface area contributed by atoms with Gasteiger partial charge in [-0.05, 0) is 44.5 Å². The van der Waals surface area contributed by atoms with E-state index in [1.807, 2.05) is 75.4 Å². The van der Waals surface area contributed by atoms with Crippen molar-refractivity contribution in [3.63, 3.8) is 0 Å². The average Bonchev–Trinajstić information content (AvgIpc) is 3.27. The molecule has 0 aliphatic heterocycles. The van der Waals surface area contributed by atoms with E-state index in [0.717, 1.165) is 37.6 Å². The first-order valence-corrected chi connectivity index (χ1v) is 12.1. The lowest BCUT2D eigenvalue weighted by Gasteiger charge is -2.12. The Hall–Kier alpha value is -3.16. The van der Waals surface area contributed by atoms with Gasteiger partial charge >= 0.3 is 0 Å². The monoisotopic (exact) mass is 459 g/mol. The number of Topliss-reactive ketones (excluding diaryl/α,β-unsaturated/α-hetero) is 1. The SMILES string of the molecule is Cc1[nH]c2ccccc2c1C(=O)CSc1nc2sc(C)c(C)c2c(=O)n1-c1ccccc1. The number of ketones is 1. The fourth-order valence-electron chi connectivity index (χ4n) is 4.01. The van der Waals surface area contributed by atoms with Crippen molar-refractivity contribution < 1.29 is 4.79 Å². The second-order valence-corrected chi connectivity index (χ2v) is 9.86. The summed E-state index contributed by atoms with van der Waals surface area (Å²) in [6.07, 6.45) is 0. The van der Waals surface area contributed by atoms with Crippen LogP contribution in [0.3, 0.4) is 0 Å². The molecule has 5 aromatic rings. The number of thiophene rings is 1. The topological polar surface area (TPSA) is 67.8 Å². The normalized spacial score (nSPS) is 11.5. The first kappa shape index (κ1) is 20.7. The molecule has 7 heteroatoms. The lowest BCUT2D eigenvalue weighted by molar-refractivity contribution is 0.102. The molecule has 5 nitrogen and oxygen atoms in total. The molecule has 0 aliphatic rings. The fraction of sp³-hybridized carbons (Fsp3) is 0.160. The minimum Gasteiger partial charge on any atom is -0.358 e. The second kappa shape index (κ2) is 8.07. The van der Waals surface area contributed by atoms with E-state index >= 15 is 0 Å². The highest BCUT2D eigenvalue weighted by Gasteiger charge is 2.21. The van der Waals surface area contributed by atoms with Crippen LogP contribution in [-0.4, -0.2) is 26.1 Å². The molecule has 1 N–H and O–H groups in total. The number of para-hydroxylation sites is 2. The van der Waals surface area contributed by atoms with Gasteiger partial charge in [0, 0.05) is 27.0 Å². The zero-order valence-electron chi connectivity index (χ0n) is 17.9. The number of aromatic nitrogens is 3. The molecule has 0 aliphatic carbocycles. The Morgan fingerprint density at radius 3 is 2.56 bits per heavy atom. The minimum absolute atomic E-state index is 0.0115. The van der Waals surface area contributed by atoms with Crippen LogP contribution < -0.4 is 5.56 Å². The standard InChI is InChI=1S/C25H21N3O2S2/c1-14-16(3)32-23-21(14)24(30)28(17-9-5-4-6-10-17)25(27-23)31-13-20(29)22-15(2)26-19-12-8-7-11-18(19)22/h4-12,26H,13H2,1-3H3. The van der Waals surface area contributed by atoms with Crippen LogP contribution in [0.5, 0.6) is 0 Å². The third kappa shape index (κ3) is 3.38. The zero-order chi connectivity index (χ0) is 22.4. The number of nitrogens with one attached hydrogen (secondary N) is 1. The van der Waals surface area contributed by atoms with Gasteiger partial charge < -0.3 is 4.98 Å². The fourth-order valence-corrected chi connectivity index (χ4v) is 5.97. The number of aryl methyl sites for hydroxylation is 3. The smallest absolute Gasteiger partial charge is 0.267 e. The molecule has 160 valence electrons. The first-order chi connectivity index (χ1) is 15.5. The molecule has 5 rings (SSSR count). The Labute approximate surface area is 193 Å². The molecular weight excluding hydrogens is 438 g/mol. The minimum atomic E-state index is -0.0960. The maximum Gasteiger partial charge on any atom is 0.267 e. The number of hydrogen-bond acceptors (Lipinski definition) is 5. The van der Waals surface area contributed by atoms with Crippen LogP contribution in [-0.2, 0) is 0 Å². The van der Waals surface area contributed by atoms with Crippen LogP contribution in [0.25, 0.3) is 26.8 Å². The van der Waals surface area contributed by atoms with E-state index in [0.29, 0.717) is 16.1 Å². The van der Waals surface area contributed by atoms with E-state index in [1.165, 1.54) is 23.1 Å². The van der Waals surface area contributed by atoms with Gasteiger partial charge in [-0.15, -0.1) is 11.3 Å². The van der Waals surface area contributed by atoms with E-state index in [4.69, 9.17) is 4.98 Å². The number of aromatic amines is 1. The quantitative estimate of drug-likeness (QED) is 0.204. The van der Waals surface area contributed by atoms with Crippen LogP contribution in [0.15, 0.2) is 64.5 Å². The maximum absolute atomic E-state index is 13.5. The second-order valence-electron chi connectivity index (χ2n) is 7.72. The van der Waals surface area contributed by atoms with Crippen LogP contribution in [0.1, 0.15) is 26.5 Å². The van der Waals surface area contributed by atoms with Gasteiger partial charge in [0.2, 0.25) is 0 Å². The molecule has 2 aromatic carbocycles. The molecule has 0 saturated heterocycles. The first-order valence-electron chi connectivity index (χ1n) is 10.3. The van der Waals surface area contributed by atoms with Crippen molar-refractivity contribution in [2.75, 3.05) is 5.75 Å². The van der Waals surface area contributed by atoms with Crippen LogP contribution in [0.4, 0.5) is 0 Å². The predicted octanol–water partition coefficient (Wildman–Crippen LogP) is 5.83. The summed E-state index contributed by atoms with van der Waals surface area (Å²) < 4.78 is 1.63. The van der Waals surface area contributed by atoms with Crippen LogP contribution >= 0.6 is 23.1 Å². The number of thioether (sulfide) groups is 1. The van der Waals surface area contributed by atoms with Gasteiger partial charge in [-0.25, -0.2) is 4.98 Å². The van der Waals surface area contributed by atoms with Gasteiger partial charge in [-0.3, -0.25) is 14.2 Å². The molecule has 32 heavy (non-hydrogen) atoms. The number of benzene rings is 2. The van der Waals surface area contributed by atoms with Gasteiger partial charge in [-0.1, -0.05) is 48.2 Å². The zero-order valence-corrected chi connectivity index (χ0v) is 19.6. The third-order valence-corrected chi connectivity index (χ3v) is 7.73. The van der Waals surface area contributed by atoms with Crippen molar-refractivity contribution in [2.45, 2.75) is 25.9 Å². The molecular formula is C25H21N3O2S2. The average molecular weight is 460 g/mol. The molecule has 0 unspecified atom stereocenters. The molecule has 0 saturated carbocycles. The summed E-state index contributed by atoms with van der Waals surface area (Å²) in [6.45, 7) is 5.88. The van der Waals surface area contributed by atoms with E-state index in [-0.39, 0.29) is 17.1 Å². The van der Waals surface area contributed by atoms with Crippen molar-refractivity contribution in [1.82, 2.24) is 14.5 Å². The highest BCUT2D eigenvalue weighted by Crippen LogP contribution is 2.30. The predicted molar refractivity (Wildman–Crippen MR) is 133 cm³/mol. The van der Waals surface area contributed by atoms with Crippen LogP contribution in [0.2, 0.25) is 0 Å². The number of fused-ring (bicyclic) bond motifs is 2. The number of carbonyl (C=O) groups is 1. The maximum atomic E-state index is 13.5. The highest BCUT2D eigenvalue weighted by atomic mass is 32.2. The number of carbonyl (C=O) groups excluding carboxylic acids is 1. The summed E-state index contributed by atoms with van der Waals surface area (Å²) in [6, 6.07) is 17.3. The summed E-state index contributed by atoms with van der Waals surface area (Å²) >= 11 is 2.82. The Morgan fingerprint density at radius 1 is 1.06 bits per heavy atom. The van der Waals surface area contributed by atoms with Crippen molar-refractivity contribution in [3.05, 3.63) is 86.6 Å². The Balaban J connectivity index is 1.59. The van der Waals surface area contributed by atoms with E-state index < -0.39 is 0 Å². The summed E-state index contributed by atoms with van der Waals surface area (Å²) in [5.41, 5.74) is 4.11. The van der Waals surface area contributed by atoms with Gasteiger partial charge in [0.1, 0.15) is 4.83 Å². The molecule has 3 heterocycles. The summed E-state index contributed by atoms with van der Waals surface area (Å²) in [5, 5.41) is 2.10. The number of H-pyrrole nitrogens is 1. The van der Waals surface area contributed by atoms with Gasteiger partial charge in [0.25, 0.3) is 5.56 Å². The summed E-state index contributed by atoms with van der Waals surface area (Å²) in [5.74, 6) is 0.203. The van der Waals surface area contributed by atoms with Gasteiger partial charge in [0.05, 0.1) is 16.8 Å². The third-order valence-electron chi connectivity index (χ3n) is 5.69. The van der Waals surface area contributed by atoms with Crippen molar-refractivity contribution in [3.8, 4) is 5.69 Å². The van der Waals surface area contributed by atoms with E-state index in [1.54, 1.807) is 4.57 Å². The number of rotatable bonds is 5. The lowest BCUT2D eigenvalue weighted by atomic mass is 10.1. The Kier molecular flexibility index (Phi) is 5.23. The van der Waals surface area contributed by atoms with Crippen molar-refractivity contribution in [2.24, 2.45) is 0 Å². The van der Waals surface area contributed by atoms with E-state index in [2.05, 4.69) is 4.98 Å². The molecule has 0 bridgehead atoms. The van der Waals surface area contributed by atoms with E-state index in [9.17, 15) is 9.59 Å². The Bertz CT molecular complexity index is 1540. The molecule has 0 atom stereocenters. The largest absolute Gasteiger partial charge is 0.358 e. The van der Waals surface area contributed by atoms with Crippen LogP contribution in [0, 0.1) is 20.8 Å². The van der Waals surface area contributed by atoms with Gasteiger partial charge in [0.15, 0.2) is 10.9 Å². The summed E-state index contributed by atoms with van der Waals surface area (Å²) in [7, 11) is 0. The molecule has 0 amide bonds. The number of hydrogen-bond donors (Lipinski definition) is 1. The Morgan fingerprint density at radius 2 is 1.78 bits per heavy atom. The molecule has 0 spiro atoms. The van der Waals surface area contributed by atoms with Crippen molar-refractivity contribution >= 4 is 50.0 Å². The number of nitrogens with zero attached hydrogens (tertiary/aromatic N) is 2. The lowest BCUT2D eigenvalue weighted by Crippen LogP contribution is -2.22. The molecule has 0 fully saturated rings. The summed E-state index contributed by atoms with van der Waals surface area (Å²) in [4.78, 5) is 36.6. The molecule has 3 aromatic heterocycles. The van der Waals surface area contributed by atoms with Crippen molar-refractivity contribution in [1.29, 1.82) is 0 Å². The highest BCUT2D eigenvalue weighted by molar-refractivity contribution is 7.99. The van der Waals surface area contributed by atoms with Gasteiger partial charge in [-0.2, -0.15) is 0 Å². The molecule has 0 radical (unpaired) electrons.